The summed E-state index contributed by atoms with van der Waals surface area (Å²) in [6, 6.07) is 6.50. The van der Waals surface area contributed by atoms with Gasteiger partial charge in [-0.2, -0.15) is 0 Å². The zero-order valence-corrected chi connectivity index (χ0v) is 20.9. The van der Waals surface area contributed by atoms with Crippen LogP contribution < -0.4 is 20.7 Å². The van der Waals surface area contributed by atoms with Crippen LogP contribution in [0.25, 0.3) is 0 Å². The second-order valence-electron chi connectivity index (χ2n) is 11.0. The summed E-state index contributed by atoms with van der Waals surface area (Å²) in [5.74, 6) is 0.511. The molecule has 2 fully saturated rings. The molecule has 3 aliphatic rings. The minimum Gasteiger partial charge on any atom is -0.492 e. The van der Waals surface area contributed by atoms with Crippen molar-refractivity contribution >= 4 is 17.7 Å². The first-order valence-corrected chi connectivity index (χ1v) is 12.4. The fourth-order valence-corrected chi connectivity index (χ4v) is 5.59. The third kappa shape index (κ3) is 4.65. The zero-order valence-electron chi connectivity index (χ0n) is 20.9. The van der Waals surface area contributed by atoms with E-state index in [0.717, 1.165) is 30.6 Å². The molecule has 34 heavy (non-hydrogen) atoms. The van der Waals surface area contributed by atoms with Crippen LogP contribution in [0.5, 0.6) is 5.75 Å². The van der Waals surface area contributed by atoms with Crippen LogP contribution in [0.15, 0.2) is 24.3 Å². The molecule has 1 saturated carbocycles. The molecule has 0 aromatic heterocycles. The molecule has 6 atom stereocenters. The first-order chi connectivity index (χ1) is 16.1. The molecular formula is C26H38N4O4. The number of benzene rings is 1. The maximum absolute atomic E-state index is 13.8. The number of amides is 3. The Morgan fingerprint density at radius 2 is 1.85 bits per heavy atom. The first kappa shape index (κ1) is 24.5. The third-order valence-electron chi connectivity index (χ3n) is 7.70. The quantitative estimate of drug-likeness (QED) is 0.589. The summed E-state index contributed by atoms with van der Waals surface area (Å²) >= 11 is 0. The number of carbonyl (C=O) groups is 3. The lowest BCUT2D eigenvalue weighted by molar-refractivity contribution is -0.141. The van der Waals surface area contributed by atoms with E-state index in [0.29, 0.717) is 19.1 Å². The van der Waals surface area contributed by atoms with Crippen molar-refractivity contribution in [3.8, 4) is 5.75 Å². The van der Waals surface area contributed by atoms with Crippen LogP contribution in [-0.2, 0) is 14.4 Å². The SMILES string of the molecule is CN[C@@H](C)C(=O)N[C@H](C(=O)N1CCC2CCC(NC(=O)C3COc4ccccc43)C21)C(C)(C)C. The van der Waals surface area contributed by atoms with Crippen molar-refractivity contribution in [1.82, 2.24) is 20.9 Å². The average Bonchev–Trinajstić information content (AvgIpc) is 3.51. The predicted molar refractivity (Wildman–Crippen MR) is 129 cm³/mol. The van der Waals surface area contributed by atoms with Crippen molar-refractivity contribution < 1.29 is 19.1 Å². The molecule has 3 amide bonds. The van der Waals surface area contributed by atoms with E-state index in [4.69, 9.17) is 4.74 Å². The molecule has 3 N–H and O–H groups in total. The predicted octanol–water partition coefficient (Wildman–Crippen LogP) is 1.80. The van der Waals surface area contributed by atoms with Gasteiger partial charge in [-0.25, -0.2) is 0 Å². The van der Waals surface area contributed by atoms with Crippen molar-refractivity contribution in [3.05, 3.63) is 29.8 Å². The molecule has 1 aromatic rings. The van der Waals surface area contributed by atoms with E-state index in [1.807, 2.05) is 49.9 Å². The summed E-state index contributed by atoms with van der Waals surface area (Å²) in [5, 5.41) is 9.17. The molecule has 0 spiro atoms. The van der Waals surface area contributed by atoms with Gasteiger partial charge in [0.15, 0.2) is 0 Å². The van der Waals surface area contributed by atoms with E-state index in [2.05, 4.69) is 16.0 Å². The first-order valence-electron chi connectivity index (χ1n) is 12.4. The minimum absolute atomic E-state index is 0.0431. The molecule has 1 saturated heterocycles. The summed E-state index contributed by atoms with van der Waals surface area (Å²) in [6.07, 6.45) is 2.76. The number of rotatable bonds is 6. The number of fused-ring (bicyclic) bond motifs is 2. The van der Waals surface area contributed by atoms with Crippen LogP contribution in [0.4, 0.5) is 0 Å². The number of para-hydroxylation sites is 1. The van der Waals surface area contributed by atoms with E-state index in [1.165, 1.54) is 0 Å². The highest BCUT2D eigenvalue weighted by Gasteiger charge is 2.49. The largest absolute Gasteiger partial charge is 0.492 e. The summed E-state index contributed by atoms with van der Waals surface area (Å²) in [6.45, 7) is 8.69. The normalized spacial score (nSPS) is 27.4. The Morgan fingerprint density at radius 1 is 1.12 bits per heavy atom. The molecule has 186 valence electrons. The van der Waals surface area contributed by atoms with Gasteiger partial charge in [0.25, 0.3) is 0 Å². The highest BCUT2D eigenvalue weighted by Crippen LogP contribution is 2.40. The number of likely N-dealkylation sites (N-methyl/N-ethyl adjacent to an activating group) is 1. The Balaban J connectivity index is 1.48. The van der Waals surface area contributed by atoms with Gasteiger partial charge in [0.05, 0.1) is 12.1 Å². The maximum Gasteiger partial charge on any atom is 0.246 e. The van der Waals surface area contributed by atoms with Gasteiger partial charge in [0, 0.05) is 18.2 Å². The third-order valence-corrected chi connectivity index (χ3v) is 7.70. The number of hydrogen-bond acceptors (Lipinski definition) is 5. The number of hydrogen-bond donors (Lipinski definition) is 3. The molecular weight excluding hydrogens is 432 g/mol. The van der Waals surface area contributed by atoms with E-state index in [1.54, 1.807) is 14.0 Å². The zero-order chi connectivity index (χ0) is 24.6. The van der Waals surface area contributed by atoms with Crippen molar-refractivity contribution in [1.29, 1.82) is 0 Å². The molecule has 1 aromatic carbocycles. The Hall–Kier alpha value is -2.61. The summed E-state index contributed by atoms with van der Waals surface area (Å²) in [4.78, 5) is 41.5. The van der Waals surface area contributed by atoms with Gasteiger partial charge in [-0.15, -0.1) is 0 Å². The van der Waals surface area contributed by atoms with Gasteiger partial charge in [0.2, 0.25) is 17.7 Å². The van der Waals surface area contributed by atoms with Crippen LogP contribution in [0.2, 0.25) is 0 Å². The van der Waals surface area contributed by atoms with Gasteiger partial charge in [0.1, 0.15) is 24.3 Å². The molecule has 8 heteroatoms. The number of ether oxygens (including phenoxy) is 1. The van der Waals surface area contributed by atoms with Crippen molar-refractivity contribution in [3.63, 3.8) is 0 Å². The van der Waals surface area contributed by atoms with Gasteiger partial charge >= 0.3 is 0 Å². The second kappa shape index (κ2) is 9.56. The van der Waals surface area contributed by atoms with Gasteiger partial charge < -0.3 is 25.6 Å². The monoisotopic (exact) mass is 470 g/mol. The van der Waals surface area contributed by atoms with E-state index in [-0.39, 0.29) is 41.8 Å². The topological polar surface area (TPSA) is 99.8 Å². The minimum atomic E-state index is -0.637. The van der Waals surface area contributed by atoms with Gasteiger partial charge in [-0.3, -0.25) is 14.4 Å². The molecule has 1 aliphatic carbocycles. The van der Waals surface area contributed by atoms with Gasteiger partial charge in [-0.05, 0) is 50.6 Å². The lowest BCUT2D eigenvalue weighted by atomic mass is 9.85. The van der Waals surface area contributed by atoms with Crippen molar-refractivity contribution in [2.45, 2.75) is 77.0 Å². The molecule has 4 unspecified atom stereocenters. The van der Waals surface area contributed by atoms with E-state index in [9.17, 15) is 14.4 Å². The Kier molecular flexibility index (Phi) is 6.90. The number of nitrogens with zero attached hydrogens (tertiary/aromatic N) is 1. The lowest BCUT2D eigenvalue weighted by Gasteiger charge is -2.38. The lowest BCUT2D eigenvalue weighted by Crippen LogP contribution is -2.60. The number of likely N-dealkylation sites (tertiary alicyclic amines) is 1. The Labute approximate surface area is 202 Å². The second-order valence-corrected chi connectivity index (χ2v) is 11.0. The maximum atomic E-state index is 13.8. The summed E-state index contributed by atoms with van der Waals surface area (Å²) in [7, 11) is 1.73. The number of carbonyl (C=O) groups excluding carboxylic acids is 3. The summed E-state index contributed by atoms with van der Waals surface area (Å²) in [5.41, 5.74) is 0.476. The number of nitrogens with one attached hydrogen (secondary N) is 3. The molecule has 0 radical (unpaired) electrons. The highest BCUT2D eigenvalue weighted by atomic mass is 16.5. The fraction of sp³-hybridized carbons (Fsp3) is 0.654. The van der Waals surface area contributed by atoms with Crippen LogP contribution in [0.1, 0.15) is 58.4 Å². The van der Waals surface area contributed by atoms with Crippen molar-refractivity contribution in [2.24, 2.45) is 11.3 Å². The average molecular weight is 471 g/mol. The molecule has 2 aliphatic heterocycles. The molecule has 4 rings (SSSR count). The van der Waals surface area contributed by atoms with Crippen LogP contribution >= 0.6 is 0 Å². The fourth-order valence-electron chi connectivity index (χ4n) is 5.59. The van der Waals surface area contributed by atoms with E-state index >= 15 is 0 Å². The highest BCUT2D eigenvalue weighted by molar-refractivity contribution is 5.91. The van der Waals surface area contributed by atoms with Crippen LogP contribution in [0, 0.1) is 11.3 Å². The molecule has 8 nitrogen and oxygen atoms in total. The standard InChI is InChI=1S/C26H38N4O4/c1-15(27-5)23(31)29-22(26(2,3)4)25(33)30-13-12-16-10-11-19(21(16)30)28-24(32)18-14-34-20-9-7-6-8-17(18)20/h6-9,15-16,18-19,21-22,27H,10-14H2,1-5H3,(H,28,32)(H,29,31)/t15-,16?,18?,19?,21?,22+/m0/s1. The molecule has 0 bridgehead atoms. The summed E-state index contributed by atoms with van der Waals surface area (Å²) < 4.78 is 5.71. The smallest absolute Gasteiger partial charge is 0.246 e. The van der Waals surface area contributed by atoms with Gasteiger partial charge in [-0.1, -0.05) is 39.0 Å². The van der Waals surface area contributed by atoms with Crippen molar-refractivity contribution in [2.75, 3.05) is 20.2 Å². The van der Waals surface area contributed by atoms with E-state index < -0.39 is 11.5 Å². The Morgan fingerprint density at radius 3 is 2.56 bits per heavy atom. The Bertz CT molecular complexity index is 943. The van der Waals surface area contributed by atoms with Crippen LogP contribution in [-0.4, -0.2) is 67.0 Å². The van der Waals surface area contributed by atoms with Crippen LogP contribution in [0.3, 0.4) is 0 Å². The molecule has 2 heterocycles.